The summed E-state index contributed by atoms with van der Waals surface area (Å²) < 4.78 is 6.43. The fourth-order valence-electron chi connectivity index (χ4n) is 2.38. The molecule has 1 fully saturated rings. The molecular formula is C16H20BrClN2O3. The van der Waals surface area contributed by atoms with Crippen LogP contribution in [-0.4, -0.2) is 42.5 Å². The Hall–Kier alpha value is -1.27. The van der Waals surface area contributed by atoms with E-state index in [2.05, 4.69) is 21.2 Å². The molecule has 1 heterocycles. The Bertz CT molecular complexity index is 582. The van der Waals surface area contributed by atoms with Crippen molar-refractivity contribution in [1.29, 1.82) is 0 Å². The zero-order chi connectivity index (χ0) is 16.8. The van der Waals surface area contributed by atoms with Crippen LogP contribution in [0.2, 0.25) is 5.02 Å². The summed E-state index contributed by atoms with van der Waals surface area (Å²) in [4.78, 5) is 25.3. The van der Waals surface area contributed by atoms with Crippen LogP contribution in [0.4, 0.5) is 0 Å². The number of carbonyl (C=O) groups is 2. The Kier molecular flexibility index (Phi) is 6.72. The second kappa shape index (κ2) is 8.55. The van der Waals surface area contributed by atoms with E-state index < -0.39 is 6.10 Å². The number of nitrogens with zero attached hydrogens (tertiary/aromatic N) is 1. The van der Waals surface area contributed by atoms with Crippen LogP contribution < -0.4 is 10.1 Å². The van der Waals surface area contributed by atoms with Crippen molar-refractivity contribution < 1.29 is 14.3 Å². The van der Waals surface area contributed by atoms with E-state index in [1.54, 1.807) is 25.1 Å². The number of carbonyl (C=O) groups excluding carboxylic acids is 2. The Morgan fingerprint density at radius 1 is 1.52 bits per heavy atom. The summed E-state index contributed by atoms with van der Waals surface area (Å²) in [5.74, 6) is 0.481. The molecule has 1 aromatic rings. The van der Waals surface area contributed by atoms with Gasteiger partial charge < -0.3 is 15.0 Å². The van der Waals surface area contributed by atoms with Gasteiger partial charge in [0, 0.05) is 30.5 Å². The number of nitrogens with one attached hydrogen (secondary N) is 1. The van der Waals surface area contributed by atoms with E-state index in [0.29, 0.717) is 30.3 Å². The van der Waals surface area contributed by atoms with E-state index in [9.17, 15) is 9.59 Å². The van der Waals surface area contributed by atoms with E-state index in [-0.39, 0.29) is 11.8 Å². The Morgan fingerprint density at radius 3 is 2.96 bits per heavy atom. The van der Waals surface area contributed by atoms with E-state index in [4.69, 9.17) is 16.3 Å². The number of hydrogen-bond donors (Lipinski definition) is 1. The van der Waals surface area contributed by atoms with Crippen molar-refractivity contribution in [2.75, 3.05) is 19.6 Å². The number of benzene rings is 1. The first-order valence-electron chi connectivity index (χ1n) is 7.64. The van der Waals surface area contributed by atoms with Crippen molar-refractivity contribution in [3.63, 3.8) is 0 Å². The first-order valence-corrected chi connectivity index (χ1v) is 8.81. The third kappa shape index (κ3) is 5.39. The number of amides is 2. The summed E-state index contributed by atoms with van der Waals surface area (Å²) in [7, 11) is 0. The largest absolute Gasteiger partial charge is 0.479 e. The molecule has 126 valence electrons. The number of likely N-dealkylation sites (tertiary alicyclic amines) is 1. The van der Waals surface area contributed by atoms with Gasteiger partial charge in [-0.3, -0.25) is 9.59 Å². The van der Waals surface area contributed by atoms with Gasteiger partial charge in [-0.15, -0.1) is 0 Å². The number of ether oxygens (including phenoxy) is 1. The lowest BCUT2D eigenvalue weighted by atomic mass is 10.3. The summed E-state index contributed by atoms with van der Waals surface area (Å²) in [6, 6.07) is 5.24. The molecule has 1 aliphatic rings. The highest BCUT2D eigenvalue weighted by Gasteiger charge is 2.20. The third-order valence-electron chi connectivity index (χ3n) is 3.64. The molecule has 0 bridgehead atoms. The average Bonchev–Trinajstić information content (AvgIpc) is 2.91. The van der Waals surface area contributed by atoms with Gasteiger partial charge in [0.05, 0.1) is 5.02 Å². The molecule has 2 amide bonds. The topological polar surface area (TPSA) is 58.6 Å². The minimum Gasteiger partial charge on any atom is -0.479 e. The van der Waals surface area contributed by atoms with Gasteiger partial charge in [-0.05, 0) is 38.0 Å². The van der Waals surface area contributed by atoms with Crippen LogP contribution in [0, 0.1) is 0 Å². The Morgan fingerprint density at radius 2 is 2.30 bits per heavy atom. The molecule has 23 heavy (non-hydrogen) atoms. The molecule has 0 spiro atoms. The van der Waals surface area contributed by atoms with Gasteiger partial charge in [0.1, 0.15) is 5.75 Å². The first kappa shape index (κ1) is 18.1. The molecule has 1 N–H and O–H groups in total. The standard InChI is InChI=1S/C16H20BrClN2O3/c1-11(23-14-6-5-12(17)10-13(14)18)16(22)19-7-3-9-20-8-2-4-15(20)21/h5-6,10-11H,2-4,7-9H2,1H3,(H,19,22)/t11-/m0/s1. The van der Waals surface area contributed by atoms with Crippen molar-refractivity contribution in [1.82, 2.24) is 10.2 Å². The van der Waals surface area contributed by atoms with Crippen molar-refractivity contribution in [3.8, 4) is 5.75 Å². The van der Waals surface area contributed by atoms with Gasteiger partial charge in [0.2, 0.25) is 5.91 Å². The SMILES string of the molecule is C[C@H](Oc1ccc(Br)cc1Cl)C(=O)NCCCN1CCCC1=O. The maximum Gasteiger partial charge on any atom is 0.260 e. The fraction of sp³-hybridized carbons (Fsp3) is 0.500. The van der Waals surface area contributed by atoms with Crippen LogP contribution in [0.5, 0.6) is 5.75 Å². The summed E-state index contributed by atoms with van der Waals surface area (Å²) in [6.07, 6.45) is 1.68. The van der Waals surface area contributed by atoms with Gasteiger partial charge in [0.25, 0.3) is 5.91 Å². The van der Waals surface area contributed by atoms with Crippen LogP contribution in [0.25, 0.3) is 0 Å². The van der Waals surface area contributed by atoms with Crippen LogP contribution in [0.3, 0.4) is 0 Å². The minimum atomic E-state index is -0.637. The lowest BCUT2D eigenvalue weighted by Crippen LogP contribution is -2.38. The maximum absolute atomic E-state index is 12.0. The molecule has 1 atom stereocenters. The lowest BCUT2D eigenvalue weighted by Gasteiger charge is -2.17. The lowest BCUT2D eigenvalue weighted by molar-refractivity contribution is -0.127. The van der Waals surface area contributed by atoms with Crippen LogP contribution in [-0.2, 0) is 9.59 Å². The molecule has 0 aliphatic carbocycles. The van der Waals surface area contributed by atoms with Gasteiger partial charge in [-0.2, -0.15) is 0 Å². The minimum absolute atomic E-state index is 0.197. The van der Waals surface area contributed by atoms with Crippen LogP contribution in [0.1, 0.15) is 26.2 Å². The van der Waals surface area contributed by atoms with Gasteiger partial charge >= 0.3 is 0 Å². The molecular weight excluding hydrogens is 384 g/mol. The monoisotopic (exact) mass is 402 g/mol. The Balaban J connectivity index is 1.71. The molecule has 7 heteroatoms. The second-order valence-corrected chi connectivity index (χ2v) is 6.79. The number of hydrogen-bond acceptors (Lipinski definition) is 3. The highest BCUT2D eigenvalue weighted by molar-refractivity contribution is 9.10. The molecule has 1 saturated heterocycles. The third-order valence-corrected chi connectivity index (χ3v) is 4.43. The normalized spacial score (nSPS) is 15.6. The van der Waals surface area contributed by atoms with Crippen molar-refractivity contribution >= 4 is 39.3 Å². The molecule has 0 saturated carbocycles. The summed E-state index contributed by atoms with van der Waals surface area (Å²) in [5, 5.41) is 3.27. The zero-order valence-corrected chi connectivity index (χ0v) is 15.3. The summed E-state index contributed by atoms with van der Waals surface area (Å²) >= 11 is 9.39. The first-order chi connectivity index (χ1) is 11.0. The smallest absolute Gasteiger partial charge is 0.260 e. The van der Waals surface area contributed by atoms with E-state index in [1.165, 1.54) is 0 Å². The highest BCUT2D eigenvalue weighted by atomic mass is 79.9. The number of rotatable bonds is 7. The van der Waals surface area contributed by atoms with Gasteiger partial charge in [-0.25, -0.2) is 0 Å². The Labute approximate surface area is 149 Å². The summed E-state index contributed by atoms with van der Waals surface area (Å²) in [5.41, 5.74) is 0. The quantitative estimate of drug-likeness (QED) is 0.712. The van der Waals surface area contributed by atoms with Crippen LogP contribution >= 0.6 is 27.5 Å². The molecule has 0 radical (unpaired) electrons. The molecule has 2 rings (SSSR count). The maximum atomic E-state index is 12.0. The van der Waals surface area contributed by atoms with Gasteiger partial charge in [-0.1, -0.05) is 27.5 Å². The predicted octanol–water partition coefficient (Wildman–Crippen LogP) is 3.00. The van der Waals surface area contributed by atoms with Crippen molar-refractivity contribution in [2.24, 2.45) is 0 Å². The molecule has 0 aromatic heterocycles. The fourth-order valence-corrected chi connectivity index (χ4v) is 3.10. The van der Waals surface area contributed by atoms with E-state index in [0.717, 1.165) is 23.9 Å². The summed E-state index contributed by atoms with van der Waals surface area (Å²) in [6.45, 7) is 3.71. The van der Waals surface area contributed by atoms with Gasteiger partial charge in [0.15, 0.2) is 6.10 Å². The average molecular weight is 404 g/mol. The molecule has 0 unspecified atom stereocenters. The van der Waals surface area contributed by atoms with Crippen molar-refractivity contribution in [3.05, 3.63) is 27.7 Å². The second-order valence-electron chi connectivity index (χ2n) is 5.46. The molecule has 1 aromatic carbocycles. The molecule has 1 aliphatic heterocycles. The van der Waals surface area contributed by atoms with Crippen LogP contribution in [0.15, 0.2) is 22.7 Å². The highest BCUT2D eigenvalue weighted by Crippen LogP contribution is 2.28. The number of halogens is 2. The van der Waals surface area contributed by atoms with E-state index in [1.807, 2.05) is 4.90 Å². The van der Waals surface area contributed by atoms with Crippen molar-refractivity contribution in [2.45, 2.75) is 32.3 Å². The van der Waals surface area contributed by atoms with E-state index >= 15 is 0 Å². The predicted molar refractivity (Wildman–Crippen MR) is 92.7 cm³/mol. The zero-order valence-electron chi connectivity index (χ0n) is 13.0. The molecule has 5 nitrogen and oxygen atoms in total.